The number of anilines is 1. The van der Waals surface area contributed by atoms with Crippen LogP contribution in [-0.2, 0) is 9.53 Å². The van der Waals surface area contributed by atoms with Gasteiger partial charge < -0.3 is 10.5 Å². The van der Waals surface area contributed by atoms with Crippen molar-refractivity contribution in [2.75, 3.05) is 25.1 Å². The summed E-state index contributed by atoms with van der Waals surface area (Å²) in [5, 5.41) is 7.59. The third kappa shape index (κ3) is 2.30. The van der Waals surface area contributed by atoms with Crippen LogP contribution >= 0.6 is 0 Å². The number of amides is 1. The molecule has 1 unspecified atom stereocenters. The minimum Gasteiger partial charge on any atom is -0.464 e. The van der Waals surface area contributed by atoms with Crippen molar-refractivity contribution in [1.29, 1.82) is 0 Å². The minimum absolute atomic E-state index is 0.0226. The van der Waals surface area contributed by atoms with Gasteiger partial charge in [0.15, 0.2) is 11.5 Å². The summed E-state index contributed by atoms with van der Waals surface area (Å²) < 4.78 is 4.52. The van der Waals surface area contributed by atoms with E-state index in [1.807, 2.05) is 0 Å². The molecule has 1 amide bonds. The van der Waals surface area contributed by atoms with Crippen molar-refractivity contribution in [3.63, 3.8) is 0 Å². The molecule has 7 heteroatoms. The summed E-state index contributed by atoms with van der Waals surface area (Å²) in [5.74, 6) is 0.00962. The van der Waals surface area contributed by atoms with Gasteiger partial charge in [0.05, 0.1) is 7.11 Å². The Labute approximate surface area is 104 Å². The SMILES string of the molecule is COC(=O)c1ccc(N2CC(CN)CC2=O)nn1. The van der Waals surface area contributed by atoms with Crippen molar-refractivity contribution in [2.24, 2.45) is 11.7 Å². The molecule has 96 valence electrons. The number of carbonyl (C=O) groups is 2. The third-order valence-corrected chi connectivity index (χ3v) is 2.86. The van der Waals surface area contributed by atoms with Crippen molar-refractivity contribution in [1.82, 2.24) is 10.2 Å². The van der Waals surface area contributed by atoms with E-state index in [1.165, 1.54) is 18.1 Å². The van der Waals surface area contributed by atoms with Crippen molar-refractivity contribution in [3.8, 4) is 0 Å². The smallest absolute Gasteiger partial charge is 0.358 e. The van der Waals surface area contributed by atoms with Gasteiger partial charge in [0.1, 0.15) is 0 Å². The quantitative estimate of drug-likeness (QED) is 0.731. The lowest BCUT2D eigenvalue weighted by atomic mass is 10.1. The zero-order chi connectivity index (χ0) is 13.1. The monoisotopic (exact) mass is 250 g/mol. The molecule has 1 aliphatic heterocycles. The van der Waals surface area contributed by atoms with Gasteiger partial charge in [-0.1, -0.05) is 0 Å². The fourth-order valence-electron chi connectivity index (χ4n) is 1.84. The minimum atomic E-state index is -0.554. The molecule has 18 heavy (non-hydrogen) atoms. The summed E-state index contributed by atoms with van der Waals surface area (Å²) in [7, 11) is 1.27. The van der Waals surface area contributed by atoms with E-state index in [4.69, 9.17) is 5.73 Å². The second-order valence-corrected chi connectivity index (χ2v) is 4.08. The predicted octanol–water partition coefficient (Wildman–Crippen LogP) is -0.425. The van der Waals surface area contributed by atoms with E-state index < -0.39 is 5.97 Å². The lowest BCUT2D eigenvalue weighted by Crippen LogP contribution is -2.27. The Morgan fingerprint density at radius 3 is 2.83 bits per heavy atom. The maximum atomic E-state index is 11.7. The number of hydrogen-bond donors (Lipinski definition) is 1. The molecule has 0 aliphatic carbocycles. The van der Waals surface area contributed by atoms with E-state index in [1.54, 1.807) is 6.07 Å². The van der Waals surface area contributed by atoms with E-state index >= 15 is 0 Å². The standard InChI is InChI=1S/C11H14N4O3/c1-18-11(17)8-2-3-9(14-13-8)15-6-7(5-12)4-10(15)16/h2-3,7H,4-6,12H2,1H3. The number of aromatic nitrogens is 2. The molecule has 1 atom stereocenters. The van der Waals surface area contributed by atoms with Gasteiger partial charge in [0, 0.05) is 13.0 Å². The molecule has 2 N–H and O–H groups in total. The van der Waals surface area contributed by atoms with Crippen LogP contribution in [0.2, 0.25) is 0 Å². The molecule has 7 nitrogen and oxygen atoms in total. The first-order chi connectivity index (χ1) is 8.65. The summed E-state index contributed by atoms with van der Waals surface area (Å²) >= 11 is 0. The first-order valence-corrected chi connectivity index (χ1v) is 5.58. The van der Waals surface area contributed by atoms with Gasteiger partial charge in [-0.3, -0.25) is 9.69 Å². The first-order valence-electron chi connectivity index (χ1n) is 5.58. The van der Waals surface area contributed by atoms with Crippen LogP contribution in [0.4, 0.5) is 5.82 Å². The Morgan fingerprint density at radius 1 is 1.56 bits per heavy atom. The Hall–Kier alpha value is -2.02. The van der Waals surface area contributed by atoms with Crippen LogP contribution in [0.15, 0.2) is 12.1 Å². The second kappa shape index (κ2) is 5.09. The van der Waals surface area contributed by atoms with E-state index in [0.717, 1.165) is 0 Å². The van der Waals surface area contributed by atoms with Crippen LogP contribution in [0.5, 0.6) is 0 Å². The highest BCUT2D eigenvalue weighted by molar-refractivity contribution is 5.95. The van der Waals surface area contributed by atoms with Crippen LogP contribution in [0.1, 0.15) is 16.9 Å². The van der Waals surface area contributed by atoms with Gasteiger partial charge in [0.2, 0.25) is 5.91 Å². The number of esters is 1. The predicted molar refractivity (Wildman–Crippen MR) is 62.9 cm³/mol. The van der Waals surface area contributed by atoms with E-state index in [-0.39, 0.29) is 17.5 Å². The maximum Gasteiger partial charge on any atom is 0.358 e. The molecule has 0 bridgehead atoms. The molecule has 1 aliphatic rings. The molecule has 1 saturated heterocycles. The number of nitrogens with zero attached hydrogens (tertiary/aromatic N) is 3. The molecule has 0 saturated carbocycles. The molecule has 2 heterocycles. The Morgan fingerprint density at radius 2 is 2.33 bits per heavy atom. The van der Waals surface area contributed by atoms with Gasteiger partial charge in [-0.05, 0) is 24.6 Å². The lowest BCUT2D eigenvalue weighted by Gasteiger charge is -2.14. The first kappa shape index (κ1) is 12.4. The van der Waals surface area contributed by atoms with Crippen molar-refractivity contribution < 1.29 is 14.3 Å². The Kier molecular flexibility index (Phi) is 3.52. The molecular weight excluding hydrogens is 236 g/mol. The number of carbonyl (C=O) groups excluding carboxylic acids is 2. The van der Waals surface area contributed by atoms with Crippen LogP contribution in [0.25, 0.3) is 0 Å². The van der Waals surface area contributed by atoms with Crippen LogP contribution in [0.3, 0.4) is 0 Å². The largest absolute Gasteiger partial charge is 0.464 e. The lowest BCUT2D eigenvalue weighted by molar-refractivity contribution is -0.117. The highest BCUT2D eigenvalue weighted by Gasteiger charge is 2.30. The zero-order valence-electron chi connectivity index (χ0n) is 10.00. The van der Waals surface area contributed by atoms with Crippen molar-refractivity contribution in [2.45, 2.75) is 6.42 Å². The highest BCUT2D eigenvalue weighted by Crippen LogP contribution is 2.22. The fraction of sp³-hybridized carbons (Fsp3) is 0.455. The maximum absolute atomic E-state index is 11.7. The van der Waals surface area contributed by atoms with Gasteiger partial charge in [-0.2, -0.15) is 0 Å². The average molecular weight is 250 g/mol. The number of ether oxygens (including phenoxy) is 1. The summed E-state index contributed by atoms with van der Waals surface area (Å²) in [6.45, 7) is 1.01. The molecule has 2 rings (SSSR count). The third-order valence-electron chi connectivity index (χ3n) is 2.86. The topological polar surface area (TPSA) is 98.4 Å². The molecule has 0 radical (unpaired) electrons. The molecule has 0 aromatic carbocycles. The Bertz CT molecular complexity index is 460. The molecule has 0 spiro atoms. The summed E-state index contributed by atoms with van der Waals surface area (Å²) in [6.07, 6.45) is 0.428. The number of rotatable bonds is 3. The number of nitrogens with two attached hydrogens (primary N) is 1. The molecule has 1 aromatic rings. The second-order valence-electron chi connectivity index (χ2n) is 4.08. The normalized spacial score (nSPS) is 19.1. The van der Waals surface area contributed by atoms with Gasteiger partial charge in [-0.25, -0.2) is 4.79 Å². The summed E-state index contributed by atoms with van der Waals surface area (Å²) in [6, 6.07) is 3.06. The van der Waals surface area contributed by atoms with Crippen LogP contribution in [-0.4, -0.2) is 42.3 Å². The van der Waals surface area contributed by atoms with E-state index in [2.05, 4.69) is 14.9 Å². The van der Waals surface area contributed by atoms with Gasteiger partial charge in [0.25, 0.3) is 0 Å². The molecule has 1 aromatic heterocycles. The van der Waals surface area contributed by atoms with E-state index in [0.29, 0.717) is 25.3 Å². The van der Waals surface area contributed by atoms with Crippen LogP contribution < -0.4 is 10.6 Å². The number of methoxy groups -OCH3 is 1. The van der Waals surface area contributed by atoms with Gasteiger partial charge >= 0.3 is 5.97 Å². The molecule has 1 fully saturated rings. The summed E-state index contributed by atoms with van der Waals surface area (Å²) in [5.41, 5.74) is 5.66. The fourth-order valence-corrected chi connectivity index (χ4v) is 1.84. The van der Waals surface area contributed by atoms with Crippen LogP contribution in [0, 0.1) is 5.92 Å². The highest BCUT2D eigenvalue weighted by atomic mass is 16.5. The van der Waals surface area contributed by atoms with Gasteiger partial charge in [-0.15, -0.1) is 10.2 Å². The summed E-state index contributed by atoms with van der Waals surface area (Å²) in [4.78, 5) is 24.5. The average Bonchev–Trinajstić information content (AvgIpc) is 2.79. The zero-order valence-corrected chi connectivity index (χ0v) is 10.00. The van der Waals surface area contributed by atoms with Crippen molar-refractivity contribution >= 4 is 17.7 Å². The Balaban J connectivity index is 2.15. The molecular formula is C11H14N4O3. The number of hydrogen-bond acceptors (Lipinski definition) is 6. The van der Waals surface area contributed by atoms with E-state index in [9.17, 15) is 9.59 Å². The van der Waals surface area contributed by atoms with Crippen molar-refractivity contribution in [3.05, 3.63) is 17.8 Å².